The number of alkyl halides is 3. The number of halogens is 3. The predicted molar refractivity (Wildman–Crippen MR) is 83.1 cm³/mol. The fourth-order valence-electron chi connectivity index (χ4n) is 2.45. The van der Waals surface area contributed by atoms with Gasteiger partial charge in [-0.1, -0.05) is 6.42 Å². The van der Waals surface area contributed by atoms with Gasteiger partial charge >= 0.3 is 6.18 Å². The Bertz CT molecular complexity index is 728. The smallest absolute Gasteiger partial charge is 0.363 e. The van der Waals surface area contributed by atoms with Crippen LogP contribution in [0.15, 0.2) is 16.4 Å². The summed E-state index contributed by atoms with van der Waals surface area (Å²) in [7, 11) is 3.28. The summed E-state index contributed by atoms with van der Waals surface area (Å²) < 4.78 is 41.2. The molecule has 3 heterocycles. The molecule has 2 aromatic rings. The summed E-state index contributed by atoms with van der Waals surface area (Å²) in [6.07, 6.45) is -0.526. The zero-order valence-corrected chi connectivity index (χ0v) is 14.2. The molecule has 0 spiro atoms. The molecular formula is C14H17F3N6S. The van der Waals surface area contributed by atoms with Gasteiger partial charge in [0.15, 0.2) is 16.0 Å². The van der Waals surface area contributed by atoms with E-state index in [0.29, 0.717) is 5.16 Å². The van der Waals surface area contributed by atoms with Gasteiger partial charge in [0, 0.05) is 33.1 Å². The van der Waals surface area contributed by atoms with Gasteiger partial charge in [0.1, 0.15) is 11.6 Å². The molecule has 0 saturated carbocycles. The highest BCUT2D eigenvalue weighted by molar-refractivity contribution is 7.99. The predicted octanol–water partition coefficient (Wildman–Crippen LogP) is 3.03. The second-order valence-corrected chi connectivity index (χ2v) is 6.68. The van der Waals surface area contributed by atoms with E-state index in [1.807, 2.05) is 4.57 Å². The van der Waals surface area contributed by atoms with Crippen molar-refractivity contribution in [3.63, 3.8) is 0 Å². The highest BCUT2D eigenvalue weighted by Crippen LogP contribution is 2.33. The number of hydrogen-bond acceptors (Lipinski definition) is 6. The summed E-state index contributed by atoms with van der Waals surface area (Å²) in [4.78, 5) is 9.36. The van der Waals surface area contributed by atoms with E-state index in [4.69, 9.17) is 0 Å². The Balaban J connectivity index is 1.95. The first-order chi connectivity index (χ1) is 11.3. The van der Waals surface area contributed by atoms with Crippen LogP contribution in [-0.2, 0) is 19.1 Å². The molecule has 0 bridgehead atoms. The van der Waals surface area contributed by atoms with Crippen molar-refractivity contribution in [1.29, 1.82) is 0 Å². The number of aromatic nitrogens is 5. The van der Waals surface area contributed by atoms with Gasteiger partial charge in [0.05, 0.1) is 0 Å². The molecule has 130 valence electrons. The maximum Gasteiger partial charge on any atom is 0.433 e. The Morgan fingerprint density at radius 3 is 2.62 bits per heavy atom. The van der Waals surface area contributed by atoms with Gasteiger partial charge in [0.2, 0.25) is 0 Å². The van der Waals surface area contributed by atoms with Gasteiger partial charge in [-0.25, -0.2) is 9.97 Å². The lowest BCUT2D eigenvalue weighted by molar-refractivity contribution is -0.141. The van der Waals surface area contributed by atoms with Crippen LogP contribution < -0.4 is 4.90 Å². The molecule has 1 aliphatic heterocycles. The van der Waals surface area contributed by atoms with Gasteiger partial charge in [0.25, 0.3) is 0 Å². The van der Waals surface area contributed by atoms with Crippen molar-refractivity contribution in [2.75, 3.05) is 19.0 Å². The van der Waals surface area contributed by atoms with E-state index in [9.17, 15) is 13.2 Å². The molecule has 0 aliphatic carbocycles. The molecule has 6 nitrogen and oxygen atoms in total. The van der Waals surface area contributed by atoms with E-state index in [1.165, 1.54) is 4.90 Å². The number of hydrogen-bond donors (Lipinski definition) is 0. The van der Waals surface area contributed by atoms with E-state index in [1.54, 1.807) is 14.1 Å². The first-order valence-corrected chi connectivity index (χ1v) is 8.40. The van der Waals surface area contributed by atoms with Crippen LogP contribution in [0.1, 0.15) is 30.8 Å². The molecule has 2 aromatic heterocycles. The Hall–Kier alpha value is -1.84. The quantitative estimate of drug-likeness (QED) is 0.786. The van der Waals surface area contributed by atoms with Gasteiger partial charge in [-0.2, -0.15) is 13.2 Å². The molecule has 0 fully saturated rings. The lowest BCUT2D eigenvalue weighted by Gasteiger charge is -2.15. The molecule has 0 atom stereocenters. The van der Waals surface area contributed by atoms with Crippen molar-refractivity contribution >= 4 is 17.6 Å². The van der Waals surface area contributed by atoms with Crippen molar-refractivity contribution in [2.24, 2.45) is 0 Å². The second-order valence-electron chi connectivity index (χ2n) is 5.75. The first-order valence-electron chi connectivity index (χ1n) is 7.58. The minimum absolute atomic E-state index is 0.0213. The monoisotopic (exact) mass is 358 g/mol. The Labute approximate surface area is 141 Å². The highest BCUT2D eigenvalue weighted by atomic mass is 32.2. The SMILES string of the molecule is CN(C)c1cc(C(F)(F)F)nc(Sc2nnc3n2CCCCC3)n1. The van der Waals surface area contributed by atoms with E-state index in [0.717, 1.165) is 55.9 Å². The molecule has 0 radical (unpaired) electrons. The molecule has 0 saturated heterocycles. The van der Waals surface area contributed by atoms with Crippen molar-refractivity contribution in [2.45, 2.75) is 48.7 Å². The molecule has 0 amide bonds. The van der Waals surface area contributed by atoms with Crippen molar-refractivity contribution < 1.29 is 13.2 Å². The summed E-state index contributed by atoms with van der Waals surface area (Å²) >= 11 is 1.02. The number of anilines is 1. The summed E-state index contributed by atoms with van der Waals surface area (Å²) in [6, 6.07) is 0.939. The second kappa shape index (κ2) is 6.58. The minimum Gasteiger partial charge on any atom is -0.363 e. The van der Waals surface area contributed by atoms with Crippen LogP contribution in [0.3, 0.4) is 0 Å². The van der Waals surface area contributed by atoms with E-state index in [2.05, 4.69) is 20.2 Å². The zero-order chi connectivity index (χ0) is 17.3. The fraction of sp³-hybridized carbons (Fsp3) is 0.571. The number of nitrogens with zero attached hydrogens (tertiary/aromatic N) is 6. The first kappa shape index (κ1) is 17.0. The lowest BCUT2D eigenvalue weighted by atomic mass is 10.2. The molecule has 0 N–H and O–H groups in total. The van der Waals surface area contributed by atoms with Crippen molar-refractivity contribution in [3.8, 4) is 0 Å². The molecule has 24 heavy (non-hydrogen) atoms. The van der Waals surface area contributed by atoms with Crippen LogP contribution in [0.4, 0.5) is 19.0 Å². The summed E-state index contributed by atoms with van der Waals surface area (Å²) in [5, 5.41) is 8.81. The van der Waals surface area contributed by atoms with Crippen LogP contribution in [0.2, 0.25) is 0 Å². The summed E-state index contributed by atoms with van der Waals surface area (Å²) in [6.45, 7) is 0.768. The van der Waals surface area contributed by atoms with Crippen molar-refractivity contribution in [3.05, 3.63) is 17.6 Å². The maximum atomic E-state index is 13.1. The van der Waals surface area contributed by atoms with Crippen molar-refractivity contribution in [1.82, 2.24) is 24.7 Å². The standard InChI is InChI=1S/C14H17F3N6S/c1-22(2)11-8-9(14(15,16)17)18-12(19-11)24-13-21-20-10-6-4-3-5-7-23(10)13/h8H,3-7H2,1-2H3. The average Bonchev–Trinajstić information content (AvgIpc) is 2.74. The van der Waals surface area contributed by atoms with E-state index < -0.39 is 11.9 Å². The Morgan fingerprint density at radius 2 is 1.92 bits per heavy atom. The number of rotatable bonds is 3. The molecule has 0 aromatic carbocycles. The zero-order valence-electron chi connectivity index (χ0n) is 13.3. The largest absolute Gasteiger partial charge is 0.433 e. The van der Waals surface area contributed by atoms with Crippen LogP contribution in [-0.4, -0.2) is 38.8 Å². The fourth-order valence-corrected chi connectivity index (χ4v) is 3.28. The third-order valence-corrected chi connectivity index (χ3v) is 4.55. The number of aryl methyl sites for hydroxylation is 1. The molecular weight excluding hydrogens is 341 g/mol. The molecule has 1 aliphatic rings. The van der Waals surface area contributed by atoms with Gasteiger partial charge < -0.3 is 9.47 Å². The normalized spacial score (nSPS) is 15.0. The average molecular weight is 358 g/mol. The van der Waals surface area contributed by atoms with E-state index >= 15 is 0 Å². The summed E-state index contributed by atoms with van der Waals surface area (Å²) in [5.41, 5.74) is -0.959. The van der Waals surface area contributed by atoms with Crippen LogP contribution in [0.25, 0.3) is 0 Å². The minimum atomic E-state index is -4.52. The highest BCUT2D eigenvalue weighted by Gasteiger charge is 2.34. The molecule has 0 unspecified atom stereocenters. The Kier molecular flexibility index (Phi) is 4.66. The van der Waals surface area contributed by atoms with Crippen LogP contribution in [0, 0.1) is 0 Å². The lowest BCUT2D eigenvalue weighted by Crippen LogP contribution is -2.16. The molecule has 3 rings (SSSR count). The van der Waals surface area contributed by atoms with Crippen LogP contribution in [0.5, 0.6) is 0 Å². The third kappa shape index (κ3) is 3.63. The van der Waals surface area contributed by atoms with Gasteiger partial charge in [-0.05, 0) is 24.6 Å². The van der Waals surface area contributed by atoms with Crippen LogP contribution >= 0.6 is 11.8 Å². The van der Waals surface area contributed by atoms with Gasteiger partial charge in [-0.15, -0.1) is 10.2 Å². The topological polar surface area (TPSA) is 59.7 Å². The Morgan fingerprint density at radius 1 is 1.12 bits per heavy atom. The number of fused-ring (bicyclic) bond motifs is 1. The van der Waals surface area contributed by atoms with Gasteiger partial charge in [-0.3, -0.25) is 0 Å². The maximum absolute atomic E-state index is 13.1. The molecule has 10 heteroatoms. The summed E-state index contributed by atoms with van der Waals surface area (Å²) in [5.74, 6) is 1.07. The van der Waals surface area contributed by atoms with E-state index in [-0.39, 0.29) is 11.0 Å². The third-order valence-electron chi connectivity index (χ3n) is 3.70.